The third kappa shape index (κ3) is 5.60. The zero-order chi connectivity index (χ0) is 18.9. The molecule has 140 valence electrons. The first kappa shape index (κ1) is 19.0. The van der Waals surface area contributed by atoms with E-state index in [1.165, 1.54) is 5.56 Å². The number of methoxy groups -OCH3 is 1. The maximum absolute atomic E-state index is 10.5. The van der Waals surface area contributed by atoms with Crippen molar-refractivity contribution in [1.82, 2.24) is 0 Å². The fourth-order valence-electron chi connectivity index (χ4n) is 3.11. The molecular formula is C24H26O3. The Labute approximate surface area is 161 Å². The van der Waals surface area contributed by atoms with E-state index in [2.05, 4.69) is 6.07 Å². The molecule has 0 amide bonds. The third-order valence-corrected chi connectivity index (χ3v) is 4.61. The van der Waals surface area contributed by atoms with E-state index in [4.69, 9.17) is 9.47 Å². The highest BCUT2D eigenvalue weighted by Gasteiger charge is 2.10. The van der Waals surface area contributed by atoms with Gasteiger partial charge >= 0.3 is 0 Å². The van der Waals surface area contributed by atoms with Gasteiger partial charge in [0.25, 0.3) is 0 Å². The first-order valence-electron chi connectivity index (χ1n) is 9.33. The van der Waals surface area contributed by atoms with Crippen molar-refractivity contribution >= 4 is 0 Å². The molecule has 0 saturated heterocycles. The van der Waals surface area contributed by atoms with Crippen LogP contribution in [0.4, 0.5) is 0 Å². The second-order valence-corrected chi connectivity index (χ2v) is 6.57. The van der Waals surface area contributed by atoms with Crippen molar-refractivity contribution in [1.29, 1.82) is 0 Å². The second-order valence-electron chi connectivity index (χ2n) is 6.57. The monoisotopic (exact) mass is 362 g/mol. The van der Waals surface area contributed by atoms with Gasteiger partial charge < -0.3 is 14.6 Å². The minimum Gasteiger partial charge on any atom is -0.496 e. The highest BCUT2D eigenvalue weighted by Crippen LogP contribution is 2.25. The van der Waals surface area contributed by atoms with Gasteiger partial charge in [-0.1, -0.05) is 60.7 Å². The summed E-state index contributed by atoms with van der Waals surface area (Å²) in [4.78, 5) is 0. The van der Waals surface area contributed by atoms with Crippen LogP contribution in [0.5, 0.6) is 11.5 Å². The molecule has 1 atom stereocenters. The van der Waals surface area contributed by atoms with E-state index in [1.807, 2.05) is 72.8 Å². The number of rotatable bonds is 9. The van der Waals surface area contributed by atoms with Crippen molar-refractivity contribution < 1.29 is 14.6 Å². The van der Waals surface area contributed by atoms with Gasteiger partial charge in [0.1, 0.15) is 18.1 Å². The topological polar surface area (TPSA) is 38.7 Å². The number of aliphatic hydroxyl groups excluding tert-OH is 1. The van der Waals surface area contributed by atoms with Crippen LogP contribution in [0.1, 0.15) is 35.6 Å². The van der Waals surface area contributed by atoms with E-state index in [0.717, 1.165) is 35.5 Å². The first-order chi connectivity index (χ1) is 13.3. The van der Waals surface area contributed by atoms with Crippen LogP contribution in [0, 0.1) is 0 Å². The Morgan fingerprint density at radius 3 is 2.48 bits per heavy atom. The Bertz CT molecular complexity index is 830. The molecule has 3 aromatic rings. The predicted octanol–water partition coefficient (Wildman–Crippen LogP) is 5.33. The van der Waals surface area contributed by atoms with Crippen LogP contribution in [0.25, 0.3) is 0 Å². The summed E-state index contributed by atoms with van der Waals surface area (Å²) in [7, 11) is 1.69. The summed E-state index contributed by atoms with van der Waals surface area (Å²) in [5.74, 6) is 1.68. The summed E-state index contributed by atoms with van der Waals surface area (Å²) in [6.45, 7) is 0.522. The lowest BCUT2D eigenvalue weighted by atomic mass is 10.0. The fourth-order valence-corrected chi connectivity index (χ4v) is 3.11. The minimum absolute atomic E-state index is 0.500. The van der Waals surface area contributed by atoms with Crippen molar-refractivity contribution in [3.8, 4) is 11.5 Å². The van der Waals surface area contributed by atoms with Gasteiger partial charge in [-0.05, 0) is 54.2 Å². The number of ether oxygens (including phenoxy) is 2. The van der Waals surface area contributed by atoms with E-state index in [-0.39, 0.29) is 0 Å². The van der Waals surface area contributed by atoms with Crippen molar-refractivity contribution in [3.05, 3.63) is 95.6 Å². The van der Waals surface area contributed by atoms with Crippen LogP contribution < -0.4 is 9.47 Å². The van der Waals surface area contributed by atoms with Crippen LogP contribution in [0.3, 0.4) is 0 Å². The van der Waals surface area contributed by atoms with Gasteiger partial charge in [-0.2, -0.15) is 0 Å². The molecule has 0 aliphatic heterocycles. The summed E-state index contributed by atoms with van der Waals surface area (Å²) in [5.41, 5.74) is 3.19. The van der Waals surface area contributed by atoms with Crippen LogP contribution in [-0.4, -0.2) is 12.2 Å². The Balaban J connectivity index is 1.53. The third-order valence-electron chi connectivity index (χ3n) is 4.61. The Kier molecular flexibility index (Phi) is 6.89. The molecule has 0 spiro atoms. The van der Waals surface area contributed by atoms with Crippen molar-refractivity contribution in [2.24, 2.45) is 0 Å². The molecule has 0 unspecified atom stereocenters. The van der Waals surface area contributed by atoms with Gasteiger partial charge in [0.05, 0.1) is 13.2 Å². The molecule has 0 saturated carbocycles. The largest absolute Gasteiger partial charge is 0.496 e. The molecule has 0 aliphatic rings. The number of benzene rings is 3. The number of para-hydroxylation sites is 1. The Hall–Kier alpha value is -2.78. The molecule has 3 rings (SSSR count). The summed E-state index contributed by atoms with van der Waals surface area (Å²) in [5, 5.41) is 10.5. The number of hydrogen-bond acceptors (Lipinski definition) is 3. The van der Waals surface area contributed by atoms with E-state index < -0.39 is 6.10 Å². The van der Waals surface area contributed by atoms with E-state index in [1.54, 1.807) is 7.11 Å². The average Bonchev–Trinajstić information content (AvgIpc) is 2.73. The SMILES string of the molecule is COc1ccccc1CCC[C@@H](O)c1cccc(OCc2ccccc2)c1. The smallest absolute Gasteiger partial charge is 0.122 e. The van der Waals surface area contributed by atoms with Gasteiger partial charge in [0.15, 0.2) is 0 Å². The van der Waals surface area contributed by atoms with E-state index >= 15 is 0 Å². The number of hydrogen-bond donors (Lipinski definition) is 1. The quantitative estimate of drug-likeness (QED) is 0.559. The predicted molar refractivity (Wildman–Crippen MR) is 108 cm³/mol. The second kappa shape index (κ2) is 9.79. The maximum atomic E-state index is 10.5. The zero-order valence-corrected chi connectivity index (χ0v) is 15.7. The van der Waals surface area contributed by atoms with Gasteiger partial charge in [-0.3, -0.25) is 0 Å². The molecule has 0 fully saturated rings. The summed E-state index contributed by atoms with van der Waals surface area (Å²) in [6.07, 6.45) is 1.96. The van der Waals surface area contributed by atoms with Crippen LogP contribution in [0.15, 0.2) is 78.9 Å². The van der Waals surface area contributed by atoms with Gasteiger partial charge in [0, 0.05) is 0 Å². The fraction of sp³-hybridized carbons (Fsp3) is 0.250. The molecule has 27 heavy (non-hydrogen) atoms. The Morgan fingerprint density at radius 1 is 0.889 bits per heavy atom. The molecule has 0 bridgehead atoms. The summed E-state index contributed by atoms with van der Waals surface area (Å²) in [6, 6.07) is 25.8. The molecule has 1 N–H and O–H groups in total. The van der Waals surface area contributed by atoms with E-state index in [9.17, 15) is 5.11 Å². The molecule has 0 heterocycles. The van der Waals surface area contributed by atoms with Crippen LogP contribution in [-0.2, 0) is 13.0 Å². The van der Waals surface area contributed by atoms with Crippen molar-refractivity contribution in [2.75, 3.05) is 7.11 Å². The standard InChI is InChI=1S/C24H26O3/c1-26-24-16-6-5-11-20(24)12-8-15-23(25)21-13-7-14-22(17-21)27-18-19-9-3-2-4-10-19/h2-7,9-11,13-14,16-17,23,25H,8,12,15,18H2,1H3/t23-/m1/s1. The first-order valence-corrected chi connectivity index (χ1v) is 9.33. The minimum atomic E-state index is -0.500. The molecule has 0 aromatic heterocycles. The lowest BCUT2D eigenvalue weighted by Gasteiger charge is -2.14. The molecule has 3 nitrogen and oxygen atoms in total. The molecular weight excluding hydrogens is 336 g/mol. The molecule has 3 aromatic carbocycles. The average molecular weight is 362 g/mol. The summed E-state index contributed by atoms with van der Waals surface area (Å²) >= 11 is 0. The van der Waals surface area contributed by atoms with Gasteiger partial charge in [-0.15, -0.1) is 0 Å². The molecule has 3 heteroatoms. The highest BCUT2D eigenvalue weighted by atomic mass is 16.5. The lowest BCUT2D eigenvalue weighted by Crippen LogP contribution is -2.01. The van der Waals surface area contributed by atoms with Gasteiger partial charge in [0.2, 0.25) is 0 Å². The van der Waals surface area contributed by atoms with Crippen LogP contribution >= 0.6 is 0 Å². The molecule has 0 radical (unpaired) electrons. The Morgan fingerprint density at radius 2 is 1.67 bits per heavy atom. The van der Waals surface area contributed by atoms with E-state index in [0.29, 0.717) is 13.0 Å². The maximum Gasteiger partial charge on any atom is 0.122 e. The summed E-state index contributed by atoms with van der Waals surface area (Å²) < 4.78 is 11.2. The van der Waals surface area contributed by atoms with Gasteiger partial charge in [-0.25, -0.2) is 0 Å². The number of aryl methyl sites for hydroxylation is 1. The zero-order valence-electron chi connectivity index (χ0n) is 15.7. The van der Waals surface area contributed by atoms with Crippen molar-refractivity contribution in [3.63, 3.8) is 0 Å². The van der Waals surface area contributed by atoms with Crippen LogP contribution in [0.2, 0.25) is 0 Å². The normalized spacial score (nSPS) is 11.8. The number of aliphatic hydroxyl groups is 1. The van der Waals surface area contributed by atoms with Crippen molar-refractivity contribution in [2.45, 2.75) is 32.0 Å². The highest BCUT2D eigenvalue weighted by molar-refractivity contribution is 5.33. The molecule has 0 aliphatic carbocycles. The lowest BCUT2D eigenvalue weighted by molar-refractivity contribution is 0.164.